The summed E-state index contributed by atoms with van der Waals surface area (Å²) in [5, 5.41) is 2.82. The highest BCUT2D eigenvalue weighted by atomic mass is 32.2. The molecule has 0 saturated carbocycles. The van der Waals surface area contributed by atoms with Gasteiger partial charge in [-0.3, -0.25) is 4.79 Å². The summed E-state index contributed by atoms with van der Waals surface area (Å²) < 4.78 is 57.4. The van der Waals surface area contributed by atoms with E-state index in [0.29, 0.717) is 18.8 Å². The van der Waals surface area contributed by atoms with Gasteiger partial charge in [0.1, 0.15) is 5.82 Å². The van der Waals surface area contributed by atoms with E-state index < -0.39 is 15.9 Å². The van der Waals surface area contributed by atoms with Gasteiger partial charge in [0.15, 0.2) is 11.5 Å². The summed E-state index contributed by atoms with van der Waals surface area (Å²) in [6.07, 6.45) is 0. The Morgan fingerprint density at radius 3 is 2.47 bits per heavy atom. The van der Waals surface area contributed by atoms with Gasteiger partial charge in [0.2, 0.25) is 10.0 Å². The number of morpholine rings is 1. The number of benzene rings is 2. The molecule has 1 aliphatic heterocycles. The minimum absolute atomic E-state index is 0.0189. The average molecular weight is 496 g/mol. The normalized spacial score (nSPS) is 15.7. The monoisotopic (exact) mass is 495 g/mol. The lowest BCUT2D eigenvalue weighted by molar-refractivity contribution is 0.0730. The molecule has 34 heavy (non-hydrogen) atoms. The molecule has 2 aromatic carbocycles. The molecule has 9 nitrogen and oxygen atoms in total. The topological polar surface area (TPSA) is 97.4 Å². The van der Waals surface area contributed by atoms with E-state index in [2.05, 4.69) is 5.32 Å². The molecule has 0 spiro atoms. The van der Waals surface area contributed by atoms with E-state index in [1.807, 2.05) is 19.0 Å². The van der Waals surface area contributed by atoms with Crippen LogP contribution in [0.1, 0.15) is 22.0 Å². The predicted octanol–water partition coefficient (Wildman–Crippen LogP) is 1.90. The molecule has 186 valence electrons. The number of sulfonamides is 1. The second-order valence-electron chi connectivity index (χ2n) is 7.97. The van der Waals surface area contributed by atoms with Crippen LogP contribution in [-0.2, 0) is 14.8 Å². The number of nitrogens with zero attached hydrogens (tertiary/aromatic N) is 2. The molecule has 0 radical (unpaired) electrons. The number of nitrogens with one attached hydrogen (secondary N) is 1. The number of carbonyl (C=O) groups excluding carboxylic acids is 1. The second kappa shape index (κ2) is 11.1. The number of ether oxygens (including phenoxy) is 3. The maximum absolute atomic E-state index is 13.7. The Labute approximate surface area is 199 Å². The van der Waals surface area contributed by atoms with E-state index in [4.69, 9.17) is 14.2 Å². The van der Waals surface area contributed by atoms with E-state index in [1.165, 1.54) is 42.8 Å². The van der Waals surface area contributed by atoms with Crippen molar-refractivity contribution in [3.8, 4) is 11.5 Å². The standard InChI is InChI=1S/C23H30FN3O6S/c1-26(2)20(16-6-5-7-17(24)12-16)15-25-23(28)19-13-18(14-21(31-3)22(19)32-4)34(29,30)27-8-10-33-11-9-27/h5-7,12-14,20H,8-11,15H2,1-4H3,(H,25,28)/t20-/m0/s1. The number of hydrogen-bond acceptors (Lipinski definition) is 7. The molecule has 3 rings (SSSR count). The highest BCUT2D eigenvalue weighted by molar-refractivity contribution is 7.89. The van der Waals surface area contributed by atoms with Crippen LogP contribution in [-0.4, -0.2) is 84.7 Å². The molecule has 1 saturated heterocycles. The van der Waals surface area contributed by atoms with Crippen LogP contribution in [0.5, 0.6) is 11.5 Å². The Morgan fingerprint density at radius 2 is 1.88 bits per heavy atom. The van der Waals surface area contributed by atoms with Crippen molar-refractivity contribution in [1.82, 2.24) is 14.5 Å². The highest BCUT2D eigenvalue weighted by Gasteiger charge is 2.30. The smallest absolute Gasteiger partial charge is 0.255 e. The van der Waals surface area contributed by atoms with Gasteiger partial charge in [0.25, 0.3) is 5.91 Å². The van der Waals surface area contributed by atoms with Crippen LogP contribution in [0.15, 0.2) is 41.3 Å². The molecule has 0 bridgehead atoms. The maximum Gasteiger partial charge on any atom is 0.255 e. The largest absolute Gasteiger partial charge is 0.493 e. The molecule has 0 aromatic heterocycles. The highest BCUT2D eigenvalue weighted by Crippen LogP contribution is 2.35. The van der Waals surface area contributed by atoms with Gasteiger partial charge in [-0.1, -0.05) is 12.1 Å². The number of halogens is 1. The van der Waals surface area contributed by atoms with Crippen LogP contribution in [0.2, 0.25) is 0 Å². The van der Waals surface area contributed by atoms with Crippen LogP contribution in [0.4, 0.5) is 4.39 Å². The van der Waals surface area contributed by atoms with E-state index in [-0.39, 0.29) is 53.5 Å². The Morgan fingerprint density at radius 1 is 1.18 bits per heavy atom. The summed E-state index contributed by atoms with van der Waals surface area (Å²) in [7, 11) is 2.51. The van der Waals surface area contributed by atoms with Gasteiger partial charge in [-0.05, 0) is 37.9 Å². The third-order valence-electron chi connectivity index (χ3n) is 5.62. The summed E-state index contributed by atoms with van der Waals surface area (Å²) in [5.41, 5.74) is 0.712. The molecular formula is C23H30FN3O6S. The Kier molecular flexibility index (Phi) is 8.47. The minimum Gasteiger partial charge on any atom is -0.493 e. The van der Waals surface area contributed by atoms with Crippen molar-refractivity contribution in [3.63, 3.8) is 0 Å². The van der Waals surface area contributed by atoms with Gasteiger partial charge in [-0.2, -0.15) is 4.31 Å². The Hall–Kier alpha value is -2.73. The minimum atomic E-state index is -3.88. The molecule has 1 amide bonds. The van der Waals surface area contributed by atoms with E-state index in [0.717, 1.165) is 0 Å². The summed E-state index contributed by atoms with van der Waals surface area (Å²) in [4.78, 5) is 15.0. The van der Waals surface area contributed by atoms with Crippen molar-refractivity contribution in [2.45, 2.75) is 10.9 Å². The van der Waals surface area contributed by atoms with Crippen molar-refractivity contribution in [2.24, 2.45) is 0 Å². The van der Waals surface area contributed by atoms with Crippen LogP contribution in [0.25, 0.3) is 0 Å². The number of hydrogen-bond donors (Lipinski definition) is 1. The lowest BCUT2D eigenvalue weighted by Gasteiger charge is -2.27. The SMILES string of the molecule is COc1cc(S(=O)(=O)N2CCOCC2)cc(C(=O)NC[C@@H](c2cccc(F)c2)N(C)C)c1OC. The van der Waals surface area contributed by atoms with Crippen molar-refractivity contribution in [3.05, 3.63) is 53.3 Å². The summed E-state index contributed by atoms with van der Waals surface area (Å²) in [5.74, 6) is -0.676. The fourth-order valence-electron chi connectivity index (χ4n) is 3.79. The average Bonchev–Trinajstić information content (AvgIpc) is 2.83. The molecule has 1 heterocycles. The summed E-state index contributed by atoms with van der Waals surface area (Å²) >= 11 is 0. The third kappa shape index (κ3) is 5.66. The van der Waals surface area contributed by atoms with Gasteiger partial charge in [0, 0.05) is 25.7 Å². The zero-order chi connectivity index (χ0) is 24.9. The first-order valence-electron chi connectivity index (χ1n) is 10.7. The van der Waals surface area contributed by atoms with E-state index in [1.54, 1.807) is 12.1 Å². The first-order valence-corrected chi connectivity index (χ1v) is 12.2. The number of likely N-dealkylation sites (N-methyl/N-ethyl adjacent to an activating group) is 1. The first-order chi connectivity index (χ1) is 16.2. The molecule has 1 aliphatic rings. The van der Waals surface area contributed by atoms with Crippen LogP contribution >= 0.6 is 0 Å². The molecule has 1 atom stereocenters. The number of amides is 1. The number of carbonyl (C=O) groups is 1. The van der Waals surface area contributed by atoms with Gasteiger partial charge < -0.3 is 24.4 Å². The Balaban J connectivity index is 1.92. The lowest BCUT2D eigenvalue weighted by Crippen LogP contribution is -2.40. The fourth-order valence-corrected chi connectivity index (χ4v) is 5.24. The zero-order valence-corrected chi connectivity index (χ0v) is 20.5. The van der Waals surface area contributed by atoms with Crippen molar-refractivity contribution >= 4 is 15.9 Å². The van der Waals surface area contributed by atoms with Gasteiger partial charge in [-0.25, -0.2) is 12.8 Å². The van der Waals surface area contributed by atoms with Crippen molar-refractivity contribution in [2.75, 3.05) is 61.2 Å². The van der Waals surface area contributed by atoms with Gasteiger partial charge >= 0.3 is 0 Å². The second-order valence-corrected chi connectivity index (χ2v) is 9.91. The molecule has 0 aliphatic carbocycles. The van der Waals surface area contributed by atoms with E-state index >= 15 is 0 Å². The van der Waals surface area contributed by atoms with Gasteiger partial charge in [-0.15, -0.1) is 0 Å². The third-order valence-corrected chi connectivity index (χ3v) is 7.49. The lowest BCUT2D eigenvalue weighted by atomic mass is 10.1. The maximum atomic E-state index is 13.7. The van der Waals surface area contributed by atoms with Crippen LogP contribution in [0.3, 0.4) is 0 Å². The number of rotatable bonds is 9. The molecule has 2 aromatic rings. The molecule has 0 unspecified atom stereocenters. The molecular weight excluding hydrogens is 465 g/mol. The first kappa shape index (κ1) is 25.9. The van der Waals surface area contributed by atoms with Crippen LogP contribution < -0.4 is 14.8 Å². The molecule has 11 heteroatoms. The predicted molar refractivity (Wildman–Crippen MR) is 124 cm³/mol. The number of methoxy groups -OCH3 is 2. The van der Waals surface area contributed by atoms with Crippen molar-refractivity contribution < 1.29 is 31.8 Å². The van der Waals surface area contributed by atoms with Crippen LogP contribution in [0, 0.1) is 5.82 Å². The summed E-state index contributed by atoms with van der Waals surface area (Å²) in [6.45, 7) is 1.19. The fraction of sp³-hybridized carbons (Fsp3) is 0.435. The van der Waals surface area contributed by atoms with Gasteiger partial charge in [0.05, 0.1) is 43.9 Å². The quantitative estimate of drug-likeness (QED) is 0.568. The summed E-state index contributed by atoms with van der Waals surface area (Å²) in [6, 6.07) is 8.47. The molecule has 1 N–H and O–H groups in total. The van der Waals surface area contributed by atoms with Crippen molar-refractivity contribution in [1.29, 1.82) is 0 Å². The zero-order valence-electron chi connectivity index (χ0n) is 19.7. The Bertz CT molecular complexity index is 1120. The molecule has 1 fully saturated rings. The van der Waals surface area contributed by atoms with E-state index in [9.17, 15) is 17.6 Å².